The standard InChI is InChI=1S/C9H14N2O/c1-3-5-11-9(4-2)8-10-6-7-12/h3-5,8,12H,1,6-7H2,2H3/b9-4-,10-8+,11-5-. The molecule has 3 nitrogen and oxygen atoms in total. The molecule has 0 saturated carbocycles. The van der Waals surface area contributed by atoms with Crippen LogP contribution in [0.2, 0.25) is 0 Å². The Kier molecular flexibility index (Phi) is 7.08. The van der Waals surface area contributed by atoms with E-state index in [9.17, 15) is 0 Å². The third-order valence-corrected chi connectivity index (χ3v) is 1.08. The smallest absolute Gasteiger partial charge is 0.0765 e. The molecule has 0 saturated heterocycles. The average molecular weight is 166 g/mol. The van der Waals surface area contributed by atoms with Gasteiger partial charge in [-0.05, 0) is 6.92 Å². The molecule has 0 heterocycles. The van der Waals surface area contributed by atoms with Crippen LogP contribution >= 0.6 is 0 Å². The number of aliphatic hydroxyl groups is 1. The minimum absolute atomic E-state index is 0.0681. The van der Waals surface area contributed by atoms with Crippen LogP contribution in [0.3, 0.4) is 0 Å². The van der Waals surface area contributed by atoms with Gasteiger partial charge in [0.05, 0.1) is 18.8 Å². The minimum Gasteiger partial charge on any atom is -0.394 e. The zero-order valence-corrected chi connectivity index (χ0v) is 7.27. The van der Waals surface area contributed by atoms with Gasteiger partial charge in [0.15, 0.2) is 0 Å². The van der Waals surface area contributed by atoms with Crippen LogP contribution < -0.4 is 0 Å². The van der Waals surface area contributed by atoms with Gasteiger partial charge in [-0.15, -0.1) is 0 Å². The van der Waals surface area contributed by atoms with Crippen LogP contribution in [0.1, 0.15) is 6.92 Å². The van der Waals surface area contributed by atoms with E-state index in [0.717, 1.165) is 5.70 Å². The Hall–Kier alpha value is -1.22. The Morgan fingerprint density at radius 1 is 1.58 bits per heavy atom. The van der Waals surface area contributed by atoms with E-state index in [1.807, 2.05) is 13.0 Å². The van der Waals surface area contributed by atoms with Crippen LogP contribution in [0.15, 0.2) is 34.4 Å². The van der Waals surface area contributed by atoms with Gasteiger partial charge < -0.3 is 5.11 Å². The van der Waals surface area contributed by atoms with Crippen molar-refractivity contribution in [3.8, 4) is 0 Å². The first-order valence-electron chi connectivity index (χ1n) is 3.77. The topological polar surface area (TPSA) is 45.0 Å². The lowest BCUT2D eigenvalue weighted by Gasteiger charge is -1.89. The molecule has 0 aromatic carbocycles. The van der Waals surface area contributed by atoms with Crippen molar-refractivity contribution in [1.82, 2.24) is 0 Å². The van der Waals surface area contributed by atoms with Crippen molar-refractivity contribution in [3.63, 3.8) is 0 Å². The van der Waals surface area contributed by atoms with E-state index >= 15 is 0 Å². The van der Waals surface area contributed by atoms with Crippen LogP contribution in [0, 0.1) is 0 Å². The lowest BCUT2D eigenvalue weighted by Crippen LogP contribution is -1.89. The number of allylic oxidation sites excluding steroid dienone is 3. The summed E-state index contributed by atoms with van der Waals surface area (Å²) in [7, 11) is 0. The summed E-state index contributed by atoms with van der Waals surface area (Å²) < 4.78 is 0. The lowest BCUT2D eigenvalue weighted by molar-refractivity contribution is 0.307. The van der Waals surface area contributed by atoms with Gasteiger partial charge in [-0.25, -0.2) is 0 Å². The Morgan fingerprint density at radius 2 is 2.33 bits per heavy atom. The van der Waals surface area contributed by atoms with Gasteiger partial charge in [0.2, 0.25) is 0 Å². The first kappa shape index (κ1) is 10.8. The first-order valence-corrected chi connectivity index (χ1v) is 3.77. The quantitative estimate of drug-likeness (QED) is 0.613. The molecule has 0 aromatic heterocycles. The third kappa shape index (κ3) is 5.56. The van der Waals surface area contributed by atoms with Gasteiger partial charge in [-0.3, -0.25) is 9.98 Å². The zero-order valence-electron chi connectivity index (χ0n) is 7.27. The summed E-state index contributed by atoms with van der Waals surface area (Å²) in [6, 6.07) is 0. The molecular formula is C9H14N2O. The molecule has 0 aliphatic rings. The molecule has 0 atom stereocenters. The summed E-state index contributed by atoms with van der Waals surface area (Å²) in [6.07, 6.45) is 6.65. The number of hydrogen-bond acceptors (Lipinski definition) is 3. The summed E-state index contributed by atoms with van der Waals surface area (Å²) >= 11 is 0. The molecule has 0 bridgehead atoms. The predicted octanol–water partition coefficient (Wildman–Crippen LogP) is 1.21. The first-order chi connectivity index (χ1) is 5.85. The fourth-order valence-electron chi connectivity index (χ4n) is 0.537. The highest BCUT2D eigenvalue weighted by molar-refractivity contribution is 5.83. The van der Waals surface area contributed by atoms with Crippen LogP contribution in [-0.4, -0.2) is 30.7 Å². The Bertz CT molecular complexity index is 205. The van der Waals surface area contributed by atoms with Gasteiger partial charge in [0, 0.05) is 12.4 Å². The van der Waals surface area contributed by atoms with Crippen LogP contribution in [0.5, 0.6) is 0 Å². The average Bonchev–Trinajstić information content (AvgIpc) is 2.11. The highest BCUT2D eigenvalue weighted by Crippen LogP contribution is 1.90. The van der Waals surface area contributed by atoms with Crippen molar-refractivity contribution < 1.29 is 5.11 Å². The molecule has 0 aliphatic carbocycles. The molecule has 66 valence electrons. The summed E-state index contributed by atoms with van der Waals surface area (Å²) in [6.45, 7) is 5.86. The van der Waals surface area contributed by atoms with Gasteiger partial charge in [0.1, 0.15) is 0 Å². The highest BCUT2D eigenvalue weighted by atomic mass is 16.3. The summed E-state index contributed by atoms with van der Waals surface area (Å²) in [5.41, 5.74) is 0.767. The van der Waals surface area contributed by atoms with E-state index in [2.05, 4.69) is 16.6 Å². The van der Waals surface area contributed by atoms with Gasteiger partial charge in [-0.1, -0.05) is 18.7 Å². The van der Waals surface area contributed by atoms with Gasteiger partial charge >= 0.3 is 0 Å². The van der Waals surface area contributed by atoms with Crippen molar-refractivity contribution in [1.29, 1.82) is 0 Å². The molecule has 3 heteroatoms. The maximum atomic E-state index is 8.44. The van der Waals surface area contributed by atoms with Gasteiger partial charge in [-0.2, -0.15) is 0 Å². The molecule has 0 fully saturated rings. The lowest BCUT2D eigenvalue weighted by atomic mass is 10.4. The number of aliphatic imine (C=N–C) groups is 2. The highest BCUT2D eigenvalue weighted by Gasteiger charge is 1.82. The van der Waals surface area contributed by atoms with Crippen molar-refractivity contribution in [2.45, 2.75) is 6.92 Å². The van der Waals surface area contributed by atoms with Crippen LogP contribution in [0.4, 0.5) is 0 Å². The second-order valence-corrected chi connectivity index (χ2v) is 1.99. The fraction of sp³-hybridized carbons (Fsp3) is 0.333. The van der Waals surface area contributed by atoms with E-state index in [4.69, 9.17) is 5.11 Å². The van der Waals surface area contributed by atoms with Crippen LogP contribution in [0.25, 0.3) is 0 Å². The molecule has 0 spiro atoms. The maximum absolute atomic E-state index is 8.44. The van der Waals surface area contributed by atoms with Crippen molar-refractivity contribution >= 4 is 12.4 Å². The molecule has 0 amide bonds. The monoisotopic (exact) mass is 166 g/mol. The number of rotatable bonds is 5. The van der Waals surface area contributed by atoms with Crippen LogP contribution in [-0.2, 0) is 0 Å². The molecule has 0 rings (SSSR count). The Balaban J connectivity index is 4.01. The Morgan fingerprint density at radius 3 is 2.83 bits per heavy atom. The maximum Gasteiger partial charge on any atom is 0.0765 e. The number of hydrogen-bond donors (Lipinski definition) is 1. The molecule has 12 heavy (non-hydrogen) atoms. The van der Waals surface area contributed by atoms with Crippen molar-refractivity contribution in [2.75, 3.05) is 13.2 Å². The van der Waals surface area contributed by atoms with E-state index in [-0.39, 0.29) is 6.61 Å². The SMILES string of the molecule is C=C\C=N/C(=C\C)/C=N/CCO. The molecule has 1 N–H and O–H groups in total. The van der Waals surface area contributed by atoms with E-state index in [1.165, 1.54) is 0 Å². The summed E-state index contributed by atoms with van der Waals surface area (Å²) in [5, 5.41) is 8.44. The fourth-order valence-corrected chi connectivity index (χ4v) is 0.537. The second-order valence-electron chi connectivity index (χ2n) is 1.99. The normalized spacial score (nSPS) is 13.0. The summed E-state index contributed by atoms with van der Waals surface area (Å²) in [5.74, 6) is 0. The van der Waals surface area contributed by atoms with E-state index in [0.29, 0.717) is 6.54 Å². The molecule has 0 radical (unpaired) electrons. The van der Waals surface area contributed by atoms with Gasteiger partial charge in [0.25, 0.3) is 0 Å². The number of aliphatic hydroxyl groups excluding tert-OH is 1. The van der Waals surface area contributed by atoms with Crippen molar-refractivity contribution in [3.05, 3.63) is 24.4 Å². The molecule has 0 unspecified atom stereocenters. The molecule has 0 aromatic rings. The molecule has 0 aliphatic heterocycles. The third-order valence-electron chi connectivity index (χ3n) is 1.08. The Labute approximate surface area is 72.9 Å². The number of nitrogens with zero attached hydrogens (tertiary/aromatic N) is 2. The predicted molar refractivity (Wildman–Crippen MR) is 52.9 cm³/mol. The van der Waals surface area contributed by atoms with E-state index in [1.54, 1.807) is 18.5 Å². The minimum atomic E-state index is 0.0681. The summed E-state index contributed by atoms with van der Waals surface area (Å²) in [4.78, 5) is 7.94. The second kappa shape index (κ2) is 7.88. The van der Waals surface area contributed by atoms with E-state index < -0.39 is 0 Å². The zero-order chi connectivity index (χ0) is 9.23. The molecular weight excluding hydrogens is 152 g/mol. The largest absolute Gasteiger partial charge is 0.394 e. The van der Waals surface area contributed by atoms with Crippen molar-refractivity contribution in [2.24, 2.45) is 9.98 Å².